The molecule has 5 heteroatoms. The zero-order chi connectivity index (χ0) is 11.9. The van der Waals surface area contributed by atoms with Gasteiger partial charge in [-0.3, -0.25) is 9.80 Å². The molecule has 88 valence electrons. The van der Waals surface area contributed by atoms with Crippen LogP contribution in [0.4, 0.5) is 0 Å². The number of hydrogen-bond donors (Lipinski definition) is 1. The van der Waals surface area contributed by atoms with Crippen molar-refractivity contribution in [2.75, 3.05) is 6.54 Å². The molecule has 1 saturated heterocycles. The van der Waals surface area contributed by atoms with Gasteiger partial charge in [0.2, 0.25) is 5.91 Å². The molecule has 4 nitrogen and oxygen atoms in total. The first-order valence-electron chi connectivity index (χ1n) is 5.36. The third-order valence-corrected chi connectivity index (χ3v) is 7.93. The largest absolute Gasteiger partial charge is 0.412 e. The van der Waals surface area contributed by atoms with E-state index in [2.05, 4.69) is 33.9 Å². The van der Waals surface area contributed by atoms with Gasteiger partial charge in [-0.25, -0.2) is 5.84 Å². The Balaban J connectivity index is 2.60. The first-order chi connectivity index (χ1) is 6.63. The number of rotatable bonds is 2. The van der Waals surface area contributed by atoms with E-state index in [1.165, 1.54) is 5.01 Å². The molecule has 1 heterocycles. The van der Waals surface area contributed by atoms with Crippen LogP contribution < -0.4 is 5.84 Å². The van der Waals surface area contributed by atoms with E-state index in [4.69, 9.17) is 10.3 Å². The zero-order valence-corrected chi connectivity index (χ0v) is 11.3. The van der Waals surface area contributed by atoms with Crippen molar-refractivity contribution >= 4 is 14.2 Å². The molecule has 0 spiro atoms. The minimum absolute atomic E-state index is 0.0107. The monoisotopic (exact) mass is 230 g/mol. The van der Waals surface area contributed by atoms with Crippen LogP contribution >= 0.6 is 0 Å². The van der Waals surface area contributed by atoms with E-state index >= 15 is 0 Å². The minimum Gasteiger partial charge on any atom is -0.412 e. The van der Waals surface area contributed by atoms with E-state index < -0.39 is 8.32 Å². The molecule has 0 unspecified atom stereocenters. The standard InChI is InChI=1S/C10H22N2O2Si/c1-10(2,3)15(4,5)14-8-6-9(13)12(11)7-8/h8H,6-7,11H2,1-5H3/t8-/m0/s1. The Morgan fingerprint density at radius 1 is 1.47 bits per heavy atom. The summed E-state index contributed by atoms with van der Waals surface area (Å²) in [6, 6.07) is 0. The lowest BCUT2D eigenvalue weighted by Gasteiger charge is -2.38. The predicted molar refractivity (Wildman–Crippen MR) is 62.6 cm³/mol. The molecule has 0 aliphatic carbocycles. The highest BCUT2D eigenvalue weighted by molar-refractivity contribution is 6.74. The topological polar surface area (TPSA) is 55.6 Å². The molecule has 1 rings (SSSR count). The molecule has 1 aliphatic heterocycles. The van der Waals surface area contributed by atoms with E-state index in [1.54, 1.807) is 0 Å². The number of nitrogens with two attached hydrogens (primary N) is 1. The Labute approximate surface area is 92.9 Å². The van der Waals surface area contributed by atoms with Gasteiger partial charge in [0.25, 0.3) is 0 Å². The summed E-state index contributed by atoms with van der Waals surface area (Å²) in [5.41, 5.74) is 0. The lowest BCUT2D eigenvalue weighted by Crippen LogP contribution is -2.44. The molecule has 0 aromatic heterocycles. The van der Waals surface area contributed by atoms with Crippen molar-refractivity contribution in [1.82, 2.24) is 5.01 Å². The zero-order valence-electron chi connectivity index (χ0n) is 10.3. The Morgan fingerprint density at radius 3 is 2.33 bits per heavy atom. The third kappa shape index (κ3) is 2.80. The van der Waals surface area contributed by atoms with Gasteiger partial charge >= 0.3 is 0 Å². The molecule has 0 aromatic rings. The van der Waals surface area contributed by atoms with Crippen molar-refractivity contribution in [1.29, 1.82) is 0 Å². The van der Waals surface area contributed by atoms with Crippen LogP contribution in [0.25, 0.3) is 0 Å². The van der Waals surface area contributed by atoms with Gasteiger partial charge in [0.1, 0.15) is 0 Å². The van der Waals surface area contributed by atoms with Crippen LogP contribution in [-0.4, -0.2) is 31.9 Å². The smallest absolute Gasteiger partial charge is 0.239 e. The third-order valence-electron chi connectivity index (χ3n) is 3.39. The van der Waals surface area contributed by atoms with Gasteiger partial charge in [-0.2, -0.15) is 0 Å². The highest BCUT2D eigenvalue weighted by Crippen LogP contribution is 2.38. The van der Waals surface area contributed by atoms with E-state index in [9.17, 15) is 4.79 Å². The quantitative estimate of drug-likeness (QED) is 0.444. The Morgan fingerprint density at radius 2 is 2.00 bits per heavy atom. The van der Waals surface area contributed by atoms with Gasteiger partial charge in [0, 0.05) is 0 Å². The number of hydrogen-bond acceptors (Lipinski definition) is 3. The molecule has 1 fully saturated rings. The predicted octanol–water partition coefficient (Wildman–Crippen LogP) is 1.48. The molecule has 15 heavy (non-hydrogen) atoms. The van der Waals surface area contributed by atoms with Gasteiger partial charge in [-0.05, 0) is 18.1 Å². The lowest BCUT2D eigenvalue weighted by molar-refractivity contribution is -0.127. The minimum atomic E-state index is -1.76. The second kappa shape index (κ2) is 3.88. The average molecular weight is 230 g/mol. The van der Waals surface area contributed by atoms with Gasteiger partial charge in [-0.1, -0.05) is 20.8 Å². The number of hydrazine groups is 1. The van der Waals surface area contributed by atoms with Crippen LogP contribution in [0.2, 0.25) is 18.1 Å². The highest BCUT2D eigenvalue weighted by Gasteiger charge is 2.41. The van der Waals surface area contributed by atoms with E-state index in [-0.39, 0.29) is 17.0 Å². The first-order valence-corrected chi connectivity index (χ1v) is 8.27. The van der Waals surface area contributed by atoms with Crippen molar-refractivity contribution < 1.29 is 9.22 Å². The first kappa shape index (κ1) is 12.7. The molecule has 2 N–H and O–H groups in total. The van der Waals surface area contributed by atoms with Crippen LogP contribution in [0, 0.1) is 0 Å². The normalized spacial score (nSPS) is 23.7. The summed E-state index contributed by atoms with van der Waals surface area (Å²) >= 11 is 0. The van der Waals surface area contributed by atoms with E-state index in [0.29, 0.717) is 13.0 Å². The van der Waals surface area contributed by atoms with Crippen molar-refractivity contribution in [3.63, 3.8) is 0 Å². The molecule has 1 aliphatic rings. The summed E-state index contributed by atoms with van der Waals surface area (Å²) in [7, 11) is -1.76. The second-order valence-corrected chi connectivity index (χ2v) is 10.5. The molecular formula is C10H22N2O2Si. The van der Waals surface area contributed by atoms with Crippen LogP contribution in [0.5, 0.6) is 0 Å². The maximum Gasteiger partial charge on any atom is 0.239 e. The summed E-state index contributed by atoms with van der Waals surface area (Å²) in [5.74, 6) is 5.50. The maximum atomic E-state index is 11.3. The fraction of sp³-hybridized carbons (Fsp3) is 0.900. The van der Waals surface area contributed by atoms with Crippen LogP contribution in [0.3, 0.4) is 0 Å². The number of carbonyl (C=O) groups is 1. The second-order valence-electron chi connectivity index (χ2n) is 5.75. The molecule has 0 bridgehead atoms. The molecule has 1 atom stereocenters. The van der Waals surface area contributed by atoms with E-state index in [0.717, 1.165) is 0 Å². The van der Waals surface area contributed by atoms with Gasteiger partial charge in [0.05, 0.1) is 19.1 Å². The SMILES string of the molecule is CC(C)(C)[Si](C)(C)O[C@H]1CC(=O)N(N)C1. The number of carbonyl (C=O) groups excluding carboxylic acids is 1. The summed E-state index contributed by atoms with van der Waals surface area (Å²) < 4.78 is 6.10. The van der Waals surface area contributed by atoms with Gasteiger partial charge in [0.15, 0.2) is 8.32 Å². The van der Waals surface area contributed by atoms with Crippen LogP contribution in [0.1, 0.15) is 27.2 Å². The summed E-state index contributed by atoms with van der Waals surface area (Å²) in [4.78, 5) is 11.3. The molecule has 0 aromatic carbocycles. The molecule has 0 radical (unpaired) electrons. The molecular weight excluding hydrogens is 208 g/mol. The molecule has 0 saturated carbocycles. The Hall–Kier alpha value is -0.393. The fourth-order valence-corrected chi connectivity index (χ4v) is 2.71. The van der Waals surface area contributed by atoms with Crippen molar-refractivity contribution in [3.8, 4) is 0 Å². The Bertz CT molecular complexity index is 261. The van der Waals surface area contributed by atoms with Crippen LogP contribution in [0.15, 0.2) is 0 Å². The van der Waals surface area contributed by atoms with Crippen molar-refractivity contribution in [2.45, 2.75) is 51.4 Å². The van der Waals surface area contributed by atoms with Gasteiger partial charge in [-0.15, -0.1) is 0 Å². The summed E-state index contributed by atoms with van der Waals surface area (Å²) in [6.07, 6.45) is 0.423. The van der Waals surface area contributed by atoms with E-state index in [1.807, 2.05) is 0 Å². The molecule has 1 amide bonds. The average Bonchev–Trinajstić information content (AvgIpc) is 2.27. The highest BCUT2D eigenvalue weighted by atomic mass is 28.4. The summed E-state index contributed by atoms with van der Waals surface area (Å²) in [5, 5.41) is 1.44. The Kier molecular flexibility index (Phi) is 3.28. The maximum absolute atomic E-state index is 11.3. The lowest BCUT2D eigenvalue weighted by atomic mass is 10.2. The van der Waals surface area contributed by atoms with Gasteiger partial charge < -0.3 is 4.43 Å². The van der Waals surface area contributed by atoms with Crippen LogP contribution in [-0.2, 0) is 9.22 Å². The number of nitrogens with zero attached hydrogens (tertiary/aromatic N) is 1. The van der Waals surface area contributed by atoms with Crippen molar-refractivity contribution in [3.05, 3.63) is 0 Å². The van der Waals surface area contributed by atoms with Crippen molar-refractivity contribution in [2.24, 2.45) is 5.84 Å². The number of amides is 1. The fourth-order valence-electron chi connectivity index (χ4n) is 1.37. The summed E-state index contributed by atoms with van der Waals surface area (Å²) in [6.45, 7) is 11.5.